The van der Waals surface area contributed by atoms with E-state index in [1.165, 1.54) is 41.2 Å². The van der Waals surface area contributed by atoms with Gasteiger partial charge < -0.3 is 29.8 Å². The van der Waals surface area contributed by atoms with Gasteiger partial charge in [0.1, 0.15) is 23.1 Å². The molecule has 402 valence electrons. The Labute approximate surface area is 459 Å². The van der Waals surface area contributed by atoms with E-state index in [2.05, 4.69) is 126 Å². The monoisotopic (exact) mass is 1040 g/mol. The summed E-state index contributed by atoms with van der Waals surface area (Å²) in [5.74, 6) is 1.81. The number of esters is 1. The molecule has 4 aromatic rings. The van der Waals surface area contributed by atoms with Crippen molar-refractivity contribution in [2.24, 2.45) is 35.5 Å². The Hall–Kier alpha value is -6.97. The zero-order chi connectivity index (χ0) is 53.5. The SMILES string of the molecule is C=C1C(C2=CC=C(c3cc4cc(C5=CCC(C)C=C(C6CCCN6C6(C(C=C=CC(=O)OC)c7ccccc7)CCO6)N5)ccc4o3)C(C3=CCC3)C2)=CNC1C1CCCC1CC(=O)C(NC(=O)C1CC1C)c1ccccc1. The number of hydrogen-bond acceptors (Lipinski definition) is 9. The molecule has 12 rings (SSSR count). The first-order valence-electron chi connectivity index (χ1n) is 28.9. The zero-order valence-corrected chi connectivity index (χ0v) is 45.5. The van der Waals surface area contributed by atoms with E-state index >= 15 is 0 Å². The third-order valence-electron chi connectivity index (χ3n) is 18.6. The number of Topliss-reactive ketones (excluding diaryl/α,β-unsaturated/α-hetero) is 1. The van der Waals surface area contributed by atoms with Crippen LogP contribution in [0, 0.1) is 35.5 Å². The fraction of sp³-hybridized carbons (Fsp3) is 0.412. The maximum Gasteiger partial charge on any atom is 0.338 e. The van der Waals surface area contributed by atoms with Crippen LogP contribution in [0.4, 0.5) is 0 Å². The highest BCUT2D eigenvalue weighted by Crippen LogP contribution is 2.51. The fourth-order valence-corrected chi connectivity index (χ4v) is 14.0. The van der Waals surface area contributed by atoms with Crippen molar-refractivity contribution < 1.29 is 28.3 Å². The van der Waals surface area contributed by atoms with Crippen molar-refractivity contribution in [3.63, 3.8) is 0 Å². The van der Waals surface area contributed by atoms with Gasteiger partial charge in [-0.15, -0.1) is 5.73 Å². The van der Waals surface area contributed by atoms with E-state index in [-0.39, 0.29) is 53.4 Å². The second kappa shape index (κ2) is 22.0. The molecule has 78 heavy (non-hydrogen) atoms. The van der Waals surface area contributed by atoms with Crippen LogP contribution in [0.3, 0.4) is 0 Å². The van der Waals surface area contributed by atoms with Gasteiger partial charge in [0.2, 0.25) is 5.91 Å². The Bertz CT molecular complexity index is 3250. The van der Waals surface area contributed by atoms with E-state index in [1.807, 2.05) is 42.5 Å². The molecule has 4 aliphatic heterocycles. The lowest BCUT2D eigenvalue weighted by molar-refractivity contribution is -0.247. The number of methoxy groups -OCH3 is 1. The number of benzene rings is 3. The number of furan rings is 1. The second-order valence-electron chi connectivity index (χ2n) is 23.4. The van der Waals surface area contributed by atoms with Crippen LogP contribution in [-0.4, -0.2) is 60.6 Å². The number of amides is 1. The molecule has 8 aliphatic rings. The van der Waals surface area contributed by atoms with E-state index in [4.69, 9.17) is 20.5 Å². The molecule has 4 fully saturated rings. The van der Waals surface area contributed by atoms with Crippen molar-refractivity contribution >= 4 is 39.9 Å². The van der Waals surface area contributed by atoms with E-state index in [0.717, 1.165) is 122 Å². The number of hydrogen-bond donors (Lipinski definition) is 3. The van der Waals surface area contributed by atoms with Crippen LogP contribution in [0.1, 0.15) is 125 Å². The predicted octanol–water partition coefficient (Wildman–Crippen LogP) is 12.9. The summed E-state index contributed by atoms with van der Waals surface area (Å²) < 4.78 is 18.4. The maximum atomic E-state index is 14.2. The van der Waals surface area contributed by atoms with Gasteiger partial charge in [-0.3, -0.25) is 14.5 Å². The molecule has 0 spiro atoms. The van der Waals surface area contributed by atoms with Crippen molar-refractivity contribution in [3.8, 4) is 0 Å². The third-order valence-corrected chi connectivity index (χ3v) is 18.6. The highest BCUT2D eigenvalue weighted by Gasteiger charge is 2.54. The van der Waals surface area contributed by atoms with Gasteiger partial charge in [-0.25, -0.2) is 4.79 Å². The Balaban J connectivity index is 0.756. The number of nitrogens with zero attached hydrogens (tertiary/aromatic N) is 1. The molecular weight excluding hydrogens is 969 g/mol. The second-order valence-corrected chi connectivity index (χ2v) is 23.4. The first-order chi connectivity index (χ1) is 38.0. The van der Waals surface area contributed by atoms with Crippen LogP contribution in [0.15, 0.2) is 178 Å². The molecule has 11 atom stereocenters. The van der Waals surface area contributed by atoms with Gasteiger partial charge in [0.25, 0.3) is 0 Å². The van der Waals surface area contributed by atoms with Gasteiger partial charge in [-0.05, 0) is 145 Å². The average Bonchev–Trinajstić information content (AvgIpc) is 3.99. The minimum Gasteiger partial charge on any atom is -0.465 e. The minimum absolute atomic E-state index is 0.00247. The first kappa shape index (κ1) is 51.8. The number of ether oxygens (including phenoxy) is 2. The summed E-state index contributed by atoms with van der Waals surface area (Å²) in [7, 11) is 1.39. The van der Waals surface area contributed by atoms with E-state index < -0.39 is 17.7 Å². The predicted molar refractivity (Wildman–Crippen MR) is 307 cm³/mol. The van der Waals surface area contributed by atoms with E-state index in [0.29, 0.717) is 24.9 Å². The number of rotatable bonds is 17. The molecule has 10 nitrogen and oxygen atoms in total. The average molecular weight is 1040 g/mol. The fourth-order valence-electron chi connectivity index (χ4n) is 14.0. The molecule has 1 aromatic heterocycles. The van der Waals surface area contributed by atoms with Gasteiger partial charge in [0, 0.05) is 59.8 Å². The topological polar surface area (TPSA) is 122 Å². The van der Waals surface area contributed by atoms with E-state index in [1.54, 1.807) is 0 Å². The number of fused-ring (bicyclic) bond motifs is 1. The van der Waals surface area contributed by atoms with Crippen molar-refractivity contribution in [2.45, 2.75) is 121 Å². The van der Waals surface area contributed by atoms with Crippen molar-refractivity contribution in [2.75, 3.05) is 20.3 Å². The molecule has 11 unspecified atom stereocenters. The van der Waals surface area contributed by atoms with Gasteiger partial charge >= 0.3 is 5.97 Å². The van der Waals surface area contributed by atoms with Crippen molar-refractivity contribution in [1.82, 2.24) is 20.9 Å². The Morgan fingerprint density at radius 2 is 1.76 bits per heavy atom. The van der Waals surface area contributed by atoms with Gasteiger partial charge in [-0.1, -0.05) is 123 Å². The van der Waals surface area contributed by atoms with Crippen LogP contribution in [-0.2, 0) is 23.9 Å². The van der Waals surface area contributed by atoms with Crippen LogP contribution >= 0.6 is 0 Å². The zero-order valence-electron chi connectivity index (χ0n) is 45.5. The number of carbonyl (C=O) groups excluding carboxylic acids is 3. The van der Waals surface area contributed by atoms with Crippen LogP contribution in [0.5, 0.6) is 0 Å². The number of carbonyl (C=O) groups is 3. The standard InChI is InChI=1S/C68H74N4O6/c1-42-26-30-58(70-59(35-42)60-24-14-33-72(60)68(32-34-77-68)57(23-13-25-64(74)76-4)46-15-7-5-8-16-46)50-28-31-62-51(37-50)40-63(78-62)53-29-27-49(38-55(53)45-19-11-20-45)56-41-69-65(44(56)3)52-22-12-21-48(52)39-61(73)66(47-17-9-6-10-18-47)71-67(75)54-36-43(54)2/h5-10,15-19,23,25,27-31,35,37,40-43,48,52,54-55,57,60,65-66,69-70H,3,11-12,14,20-22,24,26,32-34,36,38-39H2,1-2,4H3,(H,71,75). The third kappa shape index (κ3) is 10.2. The molecule has 3 N–H and O–H groups in total. The molecule has 5 heterocycles. The summed E-state index contributed by atoms with van der Waals surface area (Å²) in [6.45, 7) is 10.7. The minimum atomic E-state index is -0.628. The van der Waals surface area contributed by atoms with Crippen molar-refractivity contribution in [3.05, 3.63) is 196 Å². The molecule has 4 aliphatic carbocycles. The summed E-state index contributed by atoms with van der Waals surface area (Å²) >= 11 is 0. The lowest BCUT2D eigenvalue weighted by atomic mass is 9.73. The number of ketones is 1. The number of likely N-dealkylation sites (tertiary alicyclic amines) is 1. The van der Waals surface area contributed by atoms with E-state index in [9.17, 15) is 14.4 Å². The smallest absolute Gasteiger partial charge is 0.338 e. The van der Waals surface area contributed by atoms with Gasteiger partial charge in [0.05, 0.1) is 37.8 Å². The maximum absolute atomic E-state index is 14.2. The summed E-state index contributed by atoms with van der Waals surface area (Å²) in [5.41, 5.74) is 15.1. The molecular formula is C68H74N4O6. The molecule has 2 saturated heterocycles. The number of nitrogens with one attached hydrogen (secondary N) is 3. The van der Waals surface area contributed by atoms with Gasteiger partial charge in [-0.2, -0.15) is 0 Å². The molecule has 0 radical (unpaired) electrons. The lowest BCUT2D eigenvalue weighted by Crippen LogP contribution is -2.63. The normalized spacial score (nSPS) is 29.2. The van der Waals surface area contributed by atoms with Crippen LogP contribution in [0.2, 0.25) is 0 Å². The Kier molecular flexibility index (Phi) is 14.6. The summed E-state index contributed by atoms with van der Waals surface area (Å²) in [6.07, 6.45) is 28.6. The first-order valence-corrected chi connectivity index (χ1v) is 28.9. The Morgan fingerprint density at radius 1 is 0.974 bits per heavy atom. The van der Waals surface area contributed by atoms with Crippen LogP contribution < -0.4 is 16.0 Å². The van der Waals surface area contributed by atoms with Crippen molar-refractivity contribution in [1.29, 1.82) is 0 Å². The summed E-state index contributed by atoms with van der Waals surface area (Å²) in [4.78, 5) is 42.1. The highest BCUT2D eigenvalue weighted by atomic mass is 16.5. The van der Waals surface area contributed by atoms with Gasteiger partial charge in [0.15, 0.2) is 5.78 Å². The Morgan fingerprint density at radius 3 is 2.47 bits per heavy atom. The summed E-state index contributed by atoms with van der Waals surface area (Å²) in [5, 5.41) is 12.0. The molecule has 2 saturated carbocycles. The largest absolute Gasteiger partial charge is 0.465 e. The highest BCUT2D eigenvalue weighted by molar-refractivity contribution is 5.92. The number of allylic oxidation sites excluding steroid dienone is 8. The summed E-state index contributed by atoms with van der Waals surface area (Å²) in [6, 6.07) is 28.6. The molecule has 0 bridgehead atoms. The molecule has 3 aromatic carbocycles. The quantitative estimate of drug-likeness (QED) is 0.0411. The molecule has 10 heteroatoms. The van der Waals surface area contributed by atoms with Crippen LogP contribution in [0.25, 0.3) is 22.2 Å². The molecule has 1 amide bonds. The lowest BCUT2D eigenvalue weighted by Gasteiger charge is -2.54.